The molecule has 1 rings (SSSR count). The fraction of sp³-hybridized carbons (Fsp3) is 0.700. The van der Waals surface area contributed by atoms with Crippen molar-refractivity contribution in [3.63, 3.8) is 0 Å². The first kappa shape index (κ1) is 13.8. The molecule has 0 aliphatic carbocycles. The Morgan fingerprint density at radius 3 is 2.65 bits per heavy atom. The molecular formula is C10H18N4O2S. The maximum Gasteiger partial charge on any atom is 0.346 e. The standard InChI is InChI=1S/C10H18N4O2S/c1-7(17-4)5-6-11-8-9(15)13(2)10(16)14(3)12-8/h7H,5-6H2,1-4H3,(H,11,12). The average Bonchev–Trinajstić information content (AvgIpc) is 2.32. The number of nitrogens with zero attached hydrogens (tertiary/aromatic N) is 3. The summed E-state index contributed by atoms with van der Waals surface area (Å²) < 4.78 is 2.20. The molecule has 0 bridgehead atoms. The highest BCUT2D eigenvalue weighted by Gasteiger charge is 2.08. The molecule has 0 amide bonds. The molecule has 1 aromatic rings. The van der Waals surface area contributed by atoms with E-state index in [-0.39, 0.29) is 11.4 Å². The molecular weight excluding hydrogens is 240 g/mol. The molecule has 96 valence electrons. The Hall–Kier alpha value is -1.24. The normalized spacial score (nSPS) is 12.5. The summed E-state index contributed by atoms with van der Waals surface area (Å²) in [5.41, 5.74) is -0.803. The minimum absolute atomic E-state index is 0.225. The van der Waals surface area contributed by atoms with Crippen LogP contribution in [0.3, 0.4) is 0 Å². The van der Waals surface area contributed by atoms with Gasteiger partial charge in [-0.25, -0.2) is 9.48 Å². The molecule has 17 heavy (non-hydrogen) atoms. The van der Waals surface area contributed by atoms with E-state index >= 15 is 0 Å². The van der Waals surface area contributed by atoms with Crippen molar-refractivity contribution in [3.8, 4) is 0 Å². The number of rotatable bonds is 5. The first-order valence-corrected chi connectivity index (χ1v) is 6.67. The maximum atomic E-state index is 11.7. The van der Waals surface area contributed by atoms with Gasteiger partial charge in [-0.2, -0.15) is 11.8 Å². The molecule has 6 nitrogen and oxygen atoms in total. The summed E-state index contributed by atoms with van der Waals surface area (Å²) in [6.07, 6.45) is 2.99. The largest absolute Gasteiger partial charge is 0.364 e. The molecule has 1 N–H and O–H groups in total. The van der Waals surface area contributed by atoms with Gasteiger partial charge < -0.3 is 5.32 Å². The zero-order valence-corrected chi connectivity index (χ0v) is 11.4. The number of nitrogens with one attached hydrogen (secondary N) is 1. The molecule has 0 fully saturated rings. The van der Waals surface area contributed by atoms with Crippen LogP contribution in [0.25, 0.3) is 0 Å². The quantitative estimate of drug-likeness (QED) is 0.807. The third-order valence-electron chi connectivity index (χ3n) is 2.57. The summed E-state index contributed by atoms with van der Waals surface area (Å²) in [5, 5.41) is 7.40. The first-order valence-electron chi connectivity index (χ1n) is 5.38. The third kappa shape index (κ3) is 3.36. The monoisotopic (exact) mass is 258 g/mol. The molecule has 0 radical (unpaired) electrons. The number of hydrogen-bond acceptors (Lipinski definition) is 5. The minimum atomic E-state index is -0.418. The van der Waals surface area contributed by atoms with Crippen molar-refractivity contribution >= 4 is 17.6 Å². The van der Waals surface area contributed by atoms with Crippen molar-refractivity contribution in [2.75, 3.05) is 18.1 Å². The molecule has 7 heteroatoms. The van der Waals surface area contributed by atoms with Gasteiger partial charge in [-0.05, 0) is 12.7 Å². The van der Waals surface area contributed by atoms with Crippen molar-refractivity contribution in [2.45, 2.75) is 18.6 Å². The van der Waals surface area contributed by atoms with Gasteiger partial charge in [0.05, 0.1) is 0 Å². The second-order valence-corrected chi connectivity index (χ2v) is 5.16. The van der Waals surface area contributed by atoms with E-state index in [1.54, 1.807) is 11.8 Å². The summed E-state index contributed by atoms with van der Waals surface area (Å²) in [7, 11) is 2.97. The smallest absolute Gasteiger partial charge is 0.346 e. The molecule has 0 aliphatic heterocycles. The summed E-state index contributed by atoms with van der Waals surface area (Å²) >= 11 is 1.77. The van der Waals surface area contributed by atoms with Gasteiger partial charge in [-0.15, -0.1) is 5.10 Å². The first-order chi connectivity index (χ1) is 7.97. The van der Waals surface area contributed by atoms with Crippen LogP contribution in [0.1, 0.15) is 13.3 Å². The van der Waals surface area contributed by atoms with Crippen LogP contribution in [0, 0.1) is 0 Å². The summed E-state index contributed by atoms with van der Waals surface area (Å²) in [6.45, 7) is 2.79. The lowest BCUT2D eigenvalue weighted by atomic mass is 10.3. The molecule has 0 aromatic carbocycles. The zero-order chi connectivity index (χ0) is 13.0. The lowest BCUT2D eigenvalue weighted by molar-refractivity contribution is 0.603. The summed E-state index contributed by atoms with van der Waals surface area (Å²) in [4.78, 5) is 23.1. The van der Waals surface area contributed by atoms with E-state index in [1.165, 1.54) is 14.1 Å². The van der Waals surface area contributed by atoms with Crippen molar-refractivity contribution in [1.82, 2.24) is 14.3 Å². The van der Waals surface area contributed by atoms with E-state index in [0.717, 1.165) is 15.7 Å². The van der Waals surface area contributed by atoms with E-state index in [1.807, 2.05) is 6.26 Å². The van der Waals surface area contributed by atoms with Crippen LogP contribution in [0.15, 0.2) is 9.59 Å². The third-order valence-corrected chi connectivity index (χ3v) is 3.61. The number of aromatic nitrogens is 3. The van der Waals surface area contributed by atoms with Gasteiger partial charge in [0, 0.05) is 25.9 Å². The van der Waals surface area contributed by atoms with Crippen LogP contribution < -0.4 is 16.6 Å². The fourth-order valence-corrected chi connectivity index (χ4v) is 1.67. The van der Waals surface area contributed by atoms with Crippen LogP contribution in [0.2, 0.25) is 0 Å². The Morgan fingerprint density at radius 1 is 1.41 bits per heavy atom. The SMILES string of the molecule is CSC(C)CCNc1nn(C)c(=O)n(C)c1=O. The Bertz CT molecular complexity index is 494. The lowest BCUT2D eigenvalue weighted by Crippen LogP contribution is -2.40. The molecule has 0 saturated heterocycles. The molecule has 0 aliphatic rings. The summed E-state index contributed by atoms with van der Waals surface area (Å²) in [6, 6.07) is 0. The highest BCUT2D eigenvalue weighted by molar-refractivity contribution is 7.99. The zero-order valence-electron chi connectivity index (χ0n) is 10.6. The molecule has 0 spiro atoms. The van der Waals surface area contributed by atoms with Crippen molar-refractivity contribution in [2.24, 2.45) is 14.1 Å². The topological polar surface area (TPSA) is 68.9 Å². The molecule has 1 unspecified atom stereocenters. The Kier molecular flexibility index (Phi) is 4.80. The molecule has 1 atom stereocenters. The number of thioether (sulfide) groups is 1. The molecule has 0 saturated carbocycles. The van der Waals surface area contributed by atoms with E-state index < -0.39 is 5.69 Å². The van der Waals surface area contributed by atoms with E-state index in [0.29, 0.717) is 11.8 Å². The van der Waals surface area contributed by atoms with Crippen molar-refractivity contribution in [3.05, 3.63) is 20.8 Å². The Balaban J connectivity index is 2.80. The predicted molar refractivity (Wildman–Crippen MR) is 70.8 cm³/mol. The minimum Gasteiger partial charge on any atom is -0.364 e. The second kappa shape index (κ2) is 5.90. The Morgan fingerprint density at radius 2 is 2.06 bits per heavy atom. The van der Waals surface area contributed by atoms with Gasteiger partial charge in [0.2, 0.25) is 5.82 Å². The highest BCUT2D eigenvalue weighted by atomic mass is 32.2. The van der Waals surface area contributed by atoms with Crippen LogP contribution in [-0.4, -0.2) is 32.4 Å². The summed E-state index contributed by atoms with van der Waals surface area (Å²) in [5.74, 6) is 0.225. The van der Waals surface area contributed by atoms with Gasteiger partial charge in [0.25, 0.3) is 5.56 Å². The highest BCUT2D eigenvalue weighted by Crippen LogP contribution is 2.08. The van der Waals surface area contributed by atoms with E-state index in [9.17, 15) is 9.59 Å². The van der Waals surface area contributed by atoms with Gasteiger partial charge >= 0.3 is 5.69 Å². The average molecular weight is 258 g/mol. The van der Waals surface area contributed by atoms with Crippen molar-refractivity contribution < 1.29 is 0 Å². The van der Waals surface area contributed by atoms with Gasteiger partial charge in [-0.3, -0.25) is 9.36 Å². The van der Waals surface area contributed by atoms with Gasteiger partial charge in [0.15, 0.2) is 0 Å². The van der Waals surface area contributed by atoms with Gasteiger partial charge in [-0.1, -0.05) is 6.92 Å². The van der Waals surface area contributed by atoms with E-state index in [4.69, 9.17) is 0 Å². The molecule has 1 aromatic heterocycles. The fourth-order valence-electron chi connectivity index (χ4n) is 1.32. The predicted octanol–water partition coefficient (Wildman–Crippen LogP) is 0.0325. The van der Waals surface area contributed by atoms with Gasteiger partial charge in [0.1, 0.15) is 0 Å². The maximum absolute atomic E-state index is 11.7. The Labute approximate surface area is 104 Å². The van der Waals surface area contributed by atoms with Crippen LogP contribution in [0.4, 0.5) is 5.82 Å². The number of aryl methyl sites for hydroxylation is 1. The number of anilines is 1. The van der Waals surface area contributed by atoms with Crippen LogP contribution in [-0.2, 0) is 14.1 Å². The molecule has 1 heterocycles. The van der Waals surface area contributed by atoms with Crippen molar-refractivity contribution in [1.29, 1.82) is 0 Å². The second-order valence-electron chi connectivity index (χ2n) is 3.88. The number of hydrogen-bond donors (Lipinski definition) is 1. The van der Waals surface area contributed by atoms with E-state index in [2.05, 4.69) is 17.3 Å². The lowest BCUT2D eigenvalue weighted by Gasteiger charge is -2.10. The van der Waals surface area contributed by atoms with Crippen LogP contribution >= 0.6 is 11.8 Å². The van der Waals surface area contributed by atoms with Crippen LogP contribution in [0.5, 0.6) is 0 Å².